The zero-order chi connectivity index (χ0) is 18.4. The highest BCUT2D eigenvalue weighted by atomic mass is 35.5. The number of Topliss-reactive ketones (excluding diaryl/α,β-unsaturated/α-hetero) is 1. The molecule has 0 unspecified atom stereocenters. The highest BCUT2D eigenvalue weighted by Gasteiger charge is 2.37. The van der Waals surface area contributed by atoms with E-state index in [4.69, 9.17) is 21.7 Å². The number of nitrogens with one attached hydrogen (secondary N) is 1. The number of rotatable bonds is 2. The van der Waals surface area contributed by atoms with Crippen molar-refractivity contribution in [2.75, 3.05) is 5.32 Å². The number of anilines is 1. The summed E-state index contributed by atoms with van der Waals surface area (Å²) in [5, 5.41) is 8.71. The minimum Gasteiger partial charge on any atom is -0.328 e. The van der Waals surface area contributed by atoms with Crippen LogP contribution in [0.25, 0.3) is 11.4 Å². The molecule has 3 aromatic rings. The van der Waals surface area contributed by atoms with Gasteiger partial charge >= 0.3 is 0 Å². The fraction of sp³-hybridized carbons (Fsp3) is 0.190. The molecule has 0 saturated carbocycles. The molecule has 1 aromatic heterocycles. The van der Waals surface area contributed by atoms with Crippen molar-refractivity contribution >= 4 is 23.3 Å². The highest BCUT2D eigenvalue weighted by Crippen LogP contribution is 2.42. The van der Waals surface area contributed by atoms with Crippen molar-refractivity contribution in [1.29, 1.82) is 0 Å². The largest absolute Gasteiger partial charge is 0.328 e. The summed E-state index contributed by atoms with van der Waals surface area (Å²) in [4.78, 5) is 17.5. The number of hydrogen-bond donors (Lipinski definition) is 1. The number of halogens is 1. The van der Waals surface area contributed by atoms with Gasteiger partial charge in [-0.05, 0) is 18.9 Å². The average Bonchev–Trinajstić information content (AvgIpc) is 3.12. The fourth-order valence-electron chi connectivity index (χ4n) is 3.85. The Morgan fingerprint density at radius 3 is 2.63 bits per heavy atom. The third kappa shape index (κ3) is 2.66. The first kappa shape index (κ1) is 16.3. The first-order chi connectivity index (χ1) is 13.2. The van der Waals surface area contributed by atoms with E-state index in [1.807, 2.05) is 54.6 Å². The molecule has 6 heteroatoms. The molecule has 5 rings (SSSR count). The van der Waals surface area contributed by atoms with Crippen molar-refractivity contribution in [3.8, 4) is 11.4 Å². The van der Waals surface area contributed by atoms with Crippen molar-refractivity contribution < 1.29 is 4.79 Å². The van der Waals surface area contributed by atoms with Crippen LogP contribution in [-0.4, -0.2) is 20.5 Å². The second kappa shape index (κ2) is 6.35. The number of carbonyl (C=O) groups is 1. The molecule has 0 amide bonds. The Balaban J connectivity index is 1.71. The summed E-state index contributed by atoms with van der Waals surface area (Å²) in [5.74, 6) is 1.42. The summed E-state index contributed by atoms with van der Waals surface area (Å²) >= 11 is 6.51. The summed E-state index contributed by atoms with van der Waals surface area (Å²) in [7, 11) is 0. The fourth-order valence-corrected chi connectivity index (χ4v) is 4.09. The van der Waals surface area contributed by atoms with E-state index in [9.17, 15) is 4.79 Å². The lowest BCUT2D eigenvalue weighted by molar-refractivity contribution is -0.116. The van der Waals surface area contributed by atoms with Crippen LogP contribution in [0.15, 0.2) is 65.9 Å². The Morgan fingerprint density at radius 2 is 1.81 bits per heavy atom. The molecular weight excluding hydrogens is 360 g/mol. The number of nitrogens with zero attached hydrogens (tertiary/aromatic N) is 3. The van der Waals surface area contributed by atoms with Gasteiger partial charge in [-0.25, -0.2) is 4.68 Å². The molecule has 2 aliphatic rings. The molecule has 1 aliphatic heterocycles. The molecule has 0 bridgehead atoms. The second-order valence-corrected chi connectivity index (χ2v) is 7.19. The van der Waals surface area contributed by atoms with Crippen molar-refractivity contribution in [2.45, 2.75) is 25.3 Å². The summed E-state index contributed by atoms with van der Waals surface area (Å²) < 4.78 is 1.80. The Morgan fingerprint density at radius 1 is 1.04 bits per heavy atom. The minimum absolute atomic E-state index is 0.149. The molecule has 0 fully saturated rings. The quantitative estimate of drug-likeness (QED) is 0.708. The van der Waals surface area contributed by atoms with Gasteiger partial charge in [0, 0.05) is 33.8 Å². The van der Waals surface area contributed by atoms with Gasteiger partial charge in [-0.15, -0.1) is 5.10 Å². The van der Waals surface area contributed by atoms with Crippen molar-refractivity contribution in [3.63, 3.8) is 0 Å². The molecule has 0 saturated heterocycles. The van der Waals surface area contributed by atoms with E-state index in [0.29, 0.717) is 23.2 Å². The monoisotopic (exact) mass is 376 g/mol. The predicted octanol–water partition coefficient (Wildman–Crippen LogP) is 4.62. The summed E-state index contributed by atoms with van der Waals surface area (Å²) in [5.41, 5.74) is 3.50. The third-order valence-corrected chi connectivity index (χ3v) is 5.44. The number of carbonyl (C=O) groups excluding carboxylic acids is 1. The van der Waals surface area contributed by atoms with Gasteiger partial charge < -0.3 is 5.32 Å². The van der Waals surface area contributed by atoms with E-state index in [0.717, 1.165) is 35.2 Å². The zero-order valence-corrected chi connectivity index (χ0v) is 15.3. The average molecular weight is 377 g/mol. The van der Waals surface area contributed by atoms with Gasteiger partial charge in [0.1, 0.15) is 6.04 Å². The number of allylic oxidation sites excluding steroid dienone is 2. The Hall–Kier alpha value is -2.92. The molecule has 5 nitrogen and oxygen atoms in total. The lowest BCUT2D eigenvalue weighted by atomic mass is 9.85. The molecular formula is C21H17ClN4O. The smallest absolute Gasteiger partial charge is 0.226 e. The van der Waals surface area contributed by atoms with E-state index in [1.54, 1.807) is 4.68 Å². The minimum atomic E-state index is -0.359. The van der Waals surface area contributed by atoms with Crippen LogP contribution < -0.4 is 5.32 Å². The van der Waals surface area contributed by atoms with Crippen LogP contribution in [0.1, 0.15) is 30.9 Å². The van der Waals surface area contributed by atoms with E-state index in [1.165, 1.54) is 0 Å². The molecule has 0 spiro atoms. The molecule has 2 aromatic carbocycles. The lowest BCUT2D eigenvalue weighted by Crippen LogP contribution is -2.31. The standard InChI is InChI=1S/C21H17ClN4O/c22-15-10-5-4-9-14(15)19-18-16(11-6-12-17(18)27)23-21-24-20(25-26(19)21)13-7-2-1-3-8-13/h1-5,7-10,19H,6,11-12H2,(H,23,24,25)/t19-/m0/s1. The van der Waals surface area contributed by atoms with Gasteiger partial charge in [0.2, 0.25) is 5.95 Å². The molecule has 2 heterocycles. The third-order valence-electron chi connectivity index (χ3n) is 5.10. The van der Waals surface area contributed by atoms with Gasteiger partial charge in [0.15, 0.2) is 11.6 Å². The van der Waals surface area contributed by atoms with E-state index >= 15 is 0 Å². The zero-order valence-electron chi connectivity index (χ0n) is 14.5. The lowest BCUT2D eigenvalue weighted by Gasteiger charge is -2.32. The van der Waals surface area contributed by atoms with Crippen LogP contribution in [0.5, 0.6) is 0 Å². The van der Waals surface area contributed by atoms with Crippen LogP contribution >= 0.6 is 11.6 Å². The van der Waals surface area contributed by atoms with Gasteiger partial charge in [-0.3, -0.25) is 4.79 Å². The van der Waals surface area contributed by atoms with Gasteiger partial charge in [0.25, 0.3) is 0 Å². The molecule has 134 valence electrons. The normalized spacial score (nSPS) is 18.7. The van der Waals surface area contributed by atoms with Crippen LogP contribution in [0.4, 0.5) is 5.95 Å². The number of aromatic nitrogens is 3. The molecule has 1 aliphatic carbocycles. The molecule has 1 atom stereocenters. The summed E-state index contributed by atoms with van der Waals surface area (Å²) in [6.45, 7) is 0. The van der Waals surface area contributed by atoms with Crippen LogP contribution in [0.3, 0.4) is 0 Å². The van der Waals surface area contributed by atoms with Crippen LogP contribution in [0, 0.1) is 0 Å². The first-order valence-corrected chi connectivity index (χ1v) is 9.40. The van der Waals surface area contributed by atoms with Gasteiger partial charge in [0.05, 0.1) is 0 Å². The molecule has 0 radical (unpaired) electrons. The van der Waals surface area contributed by atoms with Gasteiger partial charge in [-0.2, -0.15) is 4.98 Å². The topological polar surface area (TPSA) is 59.8 Å². The number of fused-ring (bicyclic) bond motifs is 1. The van der Waals surface area contributed by atoms with Gasteiger partial charge in [-0.1, -0.05) is 60.1 Å². The highest BCUT2D eigenvalue weighted by molar-refractivity contribution is 6.31. The first-order valence-electron chi connectivity index (χ1n) is 9.02. The maximum atomic E-state index is 12.8. The Labute approximate surface area is 161 Å². The summed E-state index contributed by atoms with van der Waals surface area (Å²) in [6.07, 6.45) is 2.23. The summed E-state index contributed by atoms with van der Waals surface area (Å²) in [6, 6.07) is 17.1. The van der Waals surface area contributed by atoms with E-state index in [-0.39, 0.29) is 11.8 Å². The second-order valence-electron chi connectivity index (χ2n) is 6.79. The predicted molar refractivity (Wildman–Crippen MR) is 105 cm³/mol. The van der Waals surface area contributed by atoms with Crippen molar-refractivity contribution in [1.82, 2.24) is 14.8 Å². The van der Waals surface area contributed by atoms with Crippen molar-refractivity contribution in [2.24, 2.45) is 0 Å². The number of hydrogen-bond acceptors (Lipinski definition) is 4. The number of benzene rings is 2. The van der Waals surface area contributed by atoms with Crippen LogP contribution in [0.2, 0.25) is 5.02 Å². The Bertz CT molecular complexity index is 1070. The maximum Gasteiger partial charge on any atom is 0.226 e. The Kier molecular flexibility index (Phi) is 3.83. The van der Waals surface area contributed by atoms with E-state index in [2.05, 4.69) is 5.32 Å². The van der Waals surface area contributed by atoms with Crippen LogP contribution in [-0.2, 0) is 4.79 Å². The van der Waals surface area contributed by atoms with Crippen molar-refractivity contribution in [3.05, 3.63) is 76.5 Å². The SMILES string of the molecule is O=C1CCCC2=C1[C@H](c1ccccc1Cl)n1nc(-c3ccccc3)nc1N2. The molecule has 1 N–H and O–H groups in total. The maximum absolute atomic E-state index is 12.8. The number of ketones is 1. The van der Waals surface area contributed by atoms with E-state index < -0.39 is 0 Å². The molecule has 27 heavy (non-hydrogen) atoms.